The number of nitrogens with two attached hydrogens (primary N) is 1. The van der Waals surface area contributed by atoms with Crippen LogP contribution in [0.3, 0.4) is 0 Å². The Hall–Kier alpha value is -1.62. The first-order chi connectivity index (χ1) is 8.58. The van der Waals surface area contributed by atoms with Crippen molar-refractivity contribution in [2.75, 3.05) is 11.1 Å². The number of halogens is 2. The first kappa shape index (κ1) is 12.8. The van der Waals surface area contributed by atoms with Crippen molar-refractivity contribution < 1.29 is 4.39 Å². The quantitative estimate of drug-likeness (QED) is 0.849. The van der Waals surface area contributed by atoms with Crippen molar-refractivity contribution in [3.05, 3.63) is 52.5 Å². The molecule has 0 aliphatic heterocycles. The van der Waals surface area contributed by atoms with Crippen molar-refractivity contribution >= 4 is 27.3 Å². The van der Waals surface area contributed by atoms with Crippen LogP contribution in [0.15, 0.2) is 41.1 Å². The standard InChI is InChI=1S/C13H13BrFN3/c1-8(9-2-4-17-5-3-9)18-13-6-10(14)11(15)7-12(13)16/h2-8,18H,16H2,1H3. The van der Waals surface area contributed by atoms with Crippen molar-refractivity contribution in [3.63, 3.8) is 0 Å². The smallest absolute Gasteiger partial charge is 0.139 e. The molecule has 0 saturated heterocycles. The second-order valence-electron chi connectivity index (χ2n) is 4.00. The van der Waals surface area contributed by atoms with Crippen molar-refractivity contribution in [3.8, 4) is 0 Å². The minimum Gasteiger partial charge on any atom is -0.397 e. The predicted molar refractivity (Wildman–Crippen MR) is 74.8 cm³/mol. The van der Waals surface area contributed by atoms with Crippen LogP contribution in [0.25, 0.3) is 0 Å². The number of anilines is 2. The molecule has 0 fully saturated rings. The largest absolute Gasteiger partial charge is 0.397 e. The molecule has 0 spiro atoms. The van der Waals surface area contributed by atoms with E-state index in [0.717, 1.165) is 5.56 Å². The summed E-state index contributed by atoms with van der Waals surface area (Å²) in [7, 11) is 0. The number of nitrogens with one attached hydrogen (secondary N) is 1. The zero-order valence-electron chi connectivity index (χ0n) is 9.82. The van der Waals surface area contributed by atoms with E-state index in [-0.39, 0.29) is 11.9 Å². The maximum atomic E-state index is 13.3. The van der Waals surface area contributed by atoms with E-state index in [2.05, 4.69) is 26.2 Å². The summed E-state index contributed by atoms with van der Waals surface area (Å²) >= 11 is 3.15. The zero-order chi connectivity index (χ0) is 13.1. The second-order valence-corrected chi connectivity index (χ2v) is 4.85. The lowest BCUT2D eigenvalue weighted by Crippen LogP contribution is -2.08. The van der Waals surface area contributed by atoms with Crippen LogP contribution in [-0.4, -0.2) is 4.98 Å². The van der Waals surface area contributed by atoms with Crippen molar-refractivity contribution in [2.24, 2.45) is 0 Å². The molecule has 0 bridgehead atoms. The van der Waals surface area contributed by atoms with Gasteiger partial charge >= 0.3 is 0 Å². The normalized spacial score (nSPS) is 12.2. The minimum absolute atomic E-state index is 0.0626. The number of aromatic nitrogens is 1. The maximum absolute atomic E-state index is 13.3. The zero-order valence-corrected chi connectivity index (χ0v) is 11.4. The van der Waals surface area contributed by atoms with E-state index < -0.39 is 0 Å². The number of nitrogen functional groups attached to an aromatic ring is 1. The van der Waals surface area contributed by atoms with Crippen LogP contribution in [0.5, 0.6) is 0 Å². The Bertz CT molecular complexity index is 545. The van der Waals surface area contributed by atoms with E-state index in [1.807, 2.05) is 19.1 Å². The molecule has 1 atom stereocenters. The number of benzene rings is 1. The number of rotatable bonds is 3. The second kappa shape index (κ2) is 5.35. The molecule has 1 aromatic carbocycles. The molecule has 2 rings (SSSR count). The number of nitrogens with zero attached hydrogens (tertiary/aromatic N) is 1. The van der Waals surface area contributed by atoms with E-state index in [0.29, 0.717) is 15.8 Å². The highest BCUT2D eigenvalue weighted by Crippen LogP contribution is 2.29. The molecule has 2 aromatic rings. The first-order valence-electron chi connectivity index (χ1n) is 5.49. The lowest BCUT2D eigenvalue weighted by molar-refractivity contribution is 0.622. The van der Waals surface area contributed by atoms with Gasteiger partial charge in [0.1, 0.15) is 5.82 Å². The fourth-order valence-electron chi connectivity index (χ4n) is 1.66. The molecule has 0 saturated carbocycles. The van der Waals surface area contributed by atoms with Gasteiger partial charge in [0.05, 0.1) is 15.8 Å². The Morgan fingerprint density at radius 1 is 1.33 bits per heavy atom. The van der Waals surface area contributed by atoms with Crippen LogP contribution in [0.1, 0.15) is 18.5 Å². The summed E-state index contributed by atoms with van der Waals surface area (Å²) in [5.74, 6) is -0.366. The molecule has 94 valence electrons. The van der Waals surface area contributed by atoms with Gasteiger partial charge in [0.2, 0.25) is 0 Å². The highest BCUT2D eigenvalue weighted by Gasteiger charge is 2.10. The van der Waals surface area contributed by atoms with Gasteiger partial charge in [-0.1, -0.05) is 0 Å². The summed E-state index contributed by atoms with van der Waals surface area (Å²) in [6.07, 6.45) is 3.47. The van der Waals surface area contributed by atoms with Crippen LogP contribution < -0.4 is 11.1 Å². The molecular weight excluding hydrogens is 297 g/mol. The van der Waals surface area contributed by atoms with E-state index in [1.165, 1.54) is 6.07 Å². The highest BCUT2D eigenvalue weighted by atomic mass is 79.9. The van der Waals surface area contributed by atoms with Crippen molar-refractivity contribution in [1.29, 1.82) is 0 Å². The topological polar surface area (TPSA) is 50.9 Å². The molecule has 5 heteroatoms. The third-order valence-electron chi connectivity index (χ3n) is 2.67. The van der Waals surface area contributed by atoms with Gasteiger partial charge < -0.3 is 11.1 Å². The molecule has 0 amide bonds. The predicted octanol–water partition coefficient (Wildman–Crippen LogP) is 3.74. The fraction of sp³-hybridized carbons (Fsp3) is 0.154. The van der Waals surface area contributed by atoms with E-state index in [4.69, 9.17) is 5.73 Å². The van der Waals surface area contributed by atoms with Crippen molar-refractivity contribution in [1.82, 2.24) is 4.98 Å². The molecule has 1 aromatic heterocycles. The van der Waals surface area contributed by atoms with Gasteiger partial charge in [-0.05, 0) is 46.6 Å². The Morgan fingerprint density at radius 3 is 2.67 bits per heavy atom. The summed E-state index contributed by atoms with van der Waals surface area (Å²) < 4.78 is 13.6. The third-order valence-corrected chi connectivity index (χ3v) is 3.28. The molecule has 0 aliphatic carbocycles. The maximum Gasteiger partial charge on any atom is 0.139 e. The fourth-order valence-corrected chi connectivity index (χ4v) is 2.00. The number of hydrogen-bond donors (Lipinski definition) is 2. The van der Waals surface area contributed by atoms with Gasteiger partial charge in [-0.15, -0.1) is 0 Å². The summed E-state index contributed by atoms with van der Waals surface area (Å²) in [6.45, 7) is 2.01. The molecule has 3 N–H and O–H groups in total. The first-order valence-corrected chi connectivity index (χ1v) is 6.28. The average molecular weight is 310 g/mol. The SMILES string of the molecule is CC(Nc1cc(Br)c(F)cc1N)c1ccncc1. The lowest BCUT2D eigenvalue weighted by atomic mass is 10.1. The van der Waals surface area contributed by atoms with Gasteiger partial charge in [-0.3, -0.25) is 4.98 Å². The van der Waals surface area contributed by atoms with E-state index in [1.54, 1.807) is 18.5 Å². The third kappa shape index (κ3) is 2.79. The minimum atomic E-state index is -0.366. The van der Waals surface area contributed by atoms with Crippen LogP contribution >= 0.6 is 15.9 Å². The van der Waals surface area contributed by atoms with Gasteiger partial charge in [0, 0.05) is 24.5 Å². The number of pyridine rings is 1. The Balaban J connectivity index is 2.22. The molecular formula is C13H13BrFN3. The summed E-state index contributed by atoms with van der Waals surface area (Å²) in [5.41, 5.74) is 7.96. The summed E-state index contributed by atoms with van der Waals surface area (Å²) in [4.78, 5) is 3.97. The van der Waals surface area contributed by atoms with Gasteiger partial charge in [-0.25, -0.2) is 4.39 Å². The molecule has 1 unspecified atom stereocenters. The number of hydrogen-bond acceptors (Lipinski definition) is 3. The van der Waals surface area contributed by atoms with Gasteiger partial charge in [0.25, 0.3) is 0 Å². The van der Waals surface area contributed by atoms with Crippen molar-refractivity contribution in [2.45, 2.75) is 13.0 Å². The van der Waals surface area contributed by atoms with Gasteiger partial charge in [-0.2, -0.15) is 0 Å². The van der Waals surface area contributed by atoms with Crippen LogP contribution in [0.4, 0.5) is 15.8 Å². The molecule has 1 heterocycles. The Morgan fingerprint density at radius 2 is 2.00 bits per heavy atom. The van der Waals surface area contributed by atoms with Crippen LogP contribution in [0, 0.1) is 5.82 Å². The Labute approximate surface area is 113 Å². The highest BCUT2D eigenvalue weighted by molar-refractivity contribution is 9.10. The van der Waals surface area contributed by atoms with Crippen LogP contribution in [0.2, 0.25) is 0 Å². The Kier molecular flexibility index (Phi) is 3.81. The summed E-state index contributed by atoms with van der Waals surface area (Å²) in [6, 6.07) is 6.85. The van der Waals surface area contributed by atoms with Crippen LogP contribution in [-0.2, 0) is 0 Å². The molecule has 0 radical (unpaired) electrons. The molecule has 3 nitrogen and oxygen atoms in total. The molecule has 18 heavy (non-hydrogen) atoms. The average Bonchev–Trinajstić information content (AvgIpc) is 2.37. The van der Waals surface area contributed by atoms with Gasteiger partial charge in [0.15, 0.2) is 0 Å². The summed E-state index contributed by atoms with van der Waals surface area (Å²) in [5, 5.41) is 3.25. The monoisotopic (exact) mass is 309 g/mol. The van der Waals surface area contributed by atoms with E-state index >= 15 is 0 Å². The molecule has 0 aliphatic rings. The van der Waals surface area contributed by atoms with E-state index in [9.17, 15) is 4.39 Å². The lowest BCUT2D eigenvalue weighted by Gasteiger charge is -2.17.